The lowest BCUT2D eigenvalue weighted by Crippen LogP contribution is -2.43. The average Bonchev–Trinajstić information content (AvgIpc) is 2.10. The van der Waals surface area contributed by atoms with E-state index >= 15 is 0 Å². The summed E-state index contributed by atoms with van der Waals surface area (Å²) < 4.78 is 0. The van der Waals surface area contributed by atoms with Gasteiger partial charge in [-0.2, -0.15) is 0 Å². The van der Waals surface area contributed by atoms with Crippen LogP contribution < -0.4 is 11.1 Å². The van der Waals surface area contributed by atoms with E-state index in [0.29, 0.717) is 6.42 Å². The zero-order valence-electron chi connectivity index (χ0n) is 8.50. The van der Waals surface area contributed by atoms with Crippen molar-refractivity contribution in [1.29, 1.82) is 0 Å². The summed E-state index contributed by atoms with van der Waals surface area (Å²) in [7, 11) is 0. The molecule has 0 saturated heterocycles. The third-order valence-corrected chi connectivity index (χ3v) is 1.83. The third-order valence-electron chi connectivity index (χ3n) is 1.83. The Balaban J connectivity index is 4.04. The molecule has 0 aliphatic rings. The van der Waals surface area contributed by atoms with Crippen molar-refractivity contribution in [2.75, 3.05) is 0 Å². The van der Waals surface area contributed by atoms with E-state index in [-0.39, 0.29) is 24.5 Å². The molecule has 14 heavy (non-hydrogen) atoms. The monoisotopic (exact) mass is 200 g/mol. The van der Waals surface area contributed by atoms with Crippen LogP contribution in [0.2, 0.25) is 0 Å². The Bertz CT molecular complexity index is 238. The summed E-state index contributed by atoms with van der Waals surface area (Å²) in [5.74, 6) is -0.872. The van der Waals surface area contributed by atoms with Crippen molar-refractivity contribution >= 4 is 17.6 Å². The predicted molar refractivity (Wildman–Crippen MR) is 51.3 cm³/mol. The maximum absolute atomic E-state index is 11.0. The van der Waals surface area contributed by atoms with Crippen molar-refractivity contribution in [3.63, 3.8) is 0 Å². The van der Waals surface area contributed by atoms with E-state index in [4.69, 9.17) is 5.73 Å². The van der Waals surface area contributed by atoms with Crippen molar-refractivity contribution in [1.82, 2.24) is 5.32 Å². The molecule has 80 valence electrons. The number of carbonyl (C=O) groups excluding carboxylic acids is 3. The molecule has 0 heterocycles. The van der Waals surface area contributed by atoms with Crippen molar-refractivity contribution < 1.29 is 14.4 Å². The molecule has 0 aliphatic carbocycles. The van der Waals surface area contributed by atoms with Crippen LogP contribution in [0.4, 0.5) is 0 Å². The second kappa shape index (κ2) is 6.12. The van der Waals surface area contributed by atoms with Gasteiger partial charge < -0.3 is 11.1 Å². The number of Topliss-reactive ketones (excluding diaryl/α,β-unsaturated/α-hetero) is 1. The Morgan fingerprint density at radius 2 is 1.93 bits per heavy atom. The fourth-order valence-electron chi connectivity index (χ4n) is 1.01. The van der Waals surface area contributed by atoms with Gasteiger partial charge in [-0.05, 0) is 6.42 Å². The Morgan fingerprint density at radius 1 is 1.36 bits per heavy atom. The zero-order chi connectivity index (χ0) is 11.1. The zero-order valence-corrected chi connectivity index (χ0v) is 8.50. The van der Waals surface area contributed by atoms with Crippen LogP contribution in [0.1, 0.15) is 33.1 Å². The van der Waals surface area contributed by atoms with E-state index in [1.54, 1.807) is 6.92 Å². The molecule has 0 rings (SSSR count). The lowest BCUT2D eigenvalue weighted by molar-refractivity contribution is -0.127. The summed E-state index contributed by atoms with van der Waals surface area (Å²) >= 11 is 0. The van der Waals surface area contributed by atoms with Crippen molar-refractivity contribution in [2.24, 2.45) is 5.73 Å². The lowest BCUT2D eigenvalue weighted by atomic mass is 10.1. The number of nitrogens with two attached hydrogens (primary N) is 1. The van der Waals surface area contributed by atoms with Gasteiger partial charge in [0.25, 0.3) is 0 Å². The van der Waals surface area contributed by atoms with Crippen LogP contribution in [-0.4, -0.2) is 23.6 Å². The number of primary amides is 1. The number of hydrogen-bond donors (Lipinski definition) is 2. The van der Waals surface area contributed by atoms with Crippen molar-refractivity contribution in [3.05, 3.63) is 0 Å². The highest BCUT2D eigenvalue weighted by Crippen LogP contribution is 2.00. The topological polar surface area (TPSA) is 89.3 Å². The number of amides is 2. The van der Waals surface area contributed by atoms with Gasteiger partial charge in [0, 0.05) is 19.8 Å². The van der Waals surface area contributed by atoms with E-state index in [1.165, 1.54) is 6.92 Å². The Hall–Kier alpha value is -1.39. The fraction of sp³-hybridized carbons (Fsp3) is 0.667. The van der Waals surface area contributed by atoms with Gasteiger partial charge >= 0.3 is 0 Å². The summed E-state index contributed by atoms with van der Waals surface area (Å²) in [6, 6.07) is -0.733. The first-order valence-corrected chi connectivity index (χ1v) is 4.55. The molecular formula is C9H16N2O3. The number of ketones is 1. The quantitative estimate of drug-likeness (QED) is 0.618. The molecule has 0 radical (unpaired) electrons. The highest BCUT2D eigenvalue weighted by atomic mass is 16.2. The first-order chi connectivity index (χ1) is 6.47. The summed E-state index contributed by atoms with van der Waals surface area (Å²) in [5, 5.41) is 2.39. The van der Waals surface area contributed by atoms with Crippen LogP contribution in [0.3, 0.4) is 0 Å². The lowest BCUT2D eigenvalue weighted by Gasteiger charge is -2.12. The average molecular weight is 200 g/mol. The highest BCUT2D eigenvalue weighted by molar-refractivity contribution is 5.86. The molecule has 0 spiro atoms. The van der Waals surface area contributed by atoms with E-state index in [9.17, 15) is 14.4 Å². The molecule has 0 bridgehead atoms. The number of rotatable bonds is 6. The molecule has 0 fully saturated rings. The molecule has 5 nitrogen and oxygen atoms in total. The largest absolute Gasteiger partial charge is 0.368 e. The summed E-state index contributed by atoms with van der Waals surface area (Å²) in [6.07, 6.45) is 0.984. The molecule has 0 saturated carbocycles. The van der Waals surface area contributed by atoms with Gasteiger partial charge in [-0.3, -0.25) is 14.4 Å². The van der Waals surface area contributed by atoms with E-state index in [0.717, 1.165) is 0 Å². The number of carbonyl (C=O) groups is 3. The molecule has 3 N–H and O–H groups in total. The van der Waals surface area contributed by atoms with E-state index < -0.39 is 11.9 Å². The van der Waals surface area contributed by atoms with Crippen LogP contribution in [-0.2, 0) is 14.4 Å². The molecular weight excluding hydrogens is 184 g/mol. The van der Waals surface area contributed by atoms with E-state index in [2.05, 4.69) is 5.32 Å². The molecule has 0 unspecified atom stereocenters. The molecule has 0 aromatic heterocycles. The summed E-state index contributed by atoms with van der Waals surface area (Å²) in [6.45, 7) is 3.05. The molecule has 0 aromatic rings. The summed E-state index contributed by atoms with van der Waals surface area (Å²) in [4.78, 5) is 32.5. The van der Waals surface area contributed by atoms with Crippen LogP contribution in [0.15, 0.2) is 0 Å². The fourth-order valence-corrected chi connectivity index (χ4v) is 1.01. The Kier molecular flexibility index (Phi) is 5.52. The minimum atomic E-state index is -0.733. The van der Waals surface area contributed by atoms with Crippen molar-refractivity contribution in [2.45, 2.75) is 39.2 Å². The number of hydrogen-bond acceptors (Lipinski definition) is 3. The van der Waals surface area contributed by atoms with Gasteiger partial charge in [-0.25, -0.2) is 0 Å². The van der Waals surface area contributed by atoms with Gasteiger partial charge in [-0.1, -0.05) is 6.92 Å². The van der Waals surface area contributed by atoms with Crippen LogP contribution >= 0.6 is 0 Å². The minimum Gasteiger partial charge on any atom is -0.368 e. The maximum Gasteiger partial charge on any atom is 0.240 e. The molecule has 0 aliphatic heterocycles. The van der Waals surface area contributed by atoms with Crippen LogP contribution in [0.5, 0.6) is 0 Å². The highest BCUT2D eigenvalue weighted by Gasteiger charge is 2.16. The molecule has 2 amide bonds. The predicted octanol–water partition coefficient (Wildman–Crippen LogP) is -0.264. The van der Waals surface area contributed by atoms with Crippen LogP contribution in [0.25, 0.3) is 0 Å². The third kappa shape index (κ3) is 5.29. The van der Waals surface area contributed by atoms with Gasteiger partial charge in [0.15, 0.2) is 0 Å². The molecule has 1 atom stereocenters. The number of nitrogens with one attached hydrogen (secondary N) is 1. The van der Waals surface area contributed by atoms with Gasteiger partial charge in [0.1, 0.15) is 11.8 Å². The second-order valence-electron chi connectivity index (χ2n) is 3.09. The standard InChI is InChI=1S/C9H16N2O3/c1-3-7(13)4-5-8(9(10)14)11-6(2)12/h8H,3-5H2,1-2H3,(H2,10,14)(H,11,12)/t8-/m0/s1. The smallest absolute Gasteiger partial charge is 0.240 e. The van der Waals surface area contributed by atoms with Gasteiger partial charge in [0.05, 0.1) is 0 Å². The van der Waals surface area contributed by atoms with Gasteiger partial charge in [0.2, 0.25) is 11.8 Å². The SMILES string of the molecule is CCC(=O)CC[C@H](NC(C)=O)C(N)=O. The minimum absolute atomic E-state index is 0.0570. The molecule has 5 heteroatoms. The van der Waals surface area contributed by atoms with Crippen LogP contribution in [0, 0.1) is 0 Å². The normalized spacial score (nSPS) is 11.9. The maximum atomic E-state index is 11.0. The summed E-state index contributed by atoms with van der Waals surface area (Å²) in [5.41, 5.74) is 5.05. The second-order valence-corrected chi connectivity index (χ2v) is 3.09. The van der Waals surface area contributed by atoms with Crippen molar-refractivity contribution in [3.8, 4) is 0 Å². The van der Waals surface area contributed by atoms with Gasteiger partial charge in [-0.15, -0.1) is 0 Å². The van der Waals surface area contributed by atoms with E-state index in [1.807, 2.05) is 0 Å². The Morgan fingerprint density at radius 3 is 2.29 bits per heavy atom. The first kappa shape index (κ1) is 12.6. The first-order valence-electron chi connectivity index (χ1n) is 4.55. The molecule has 0 aromatic carbocycles. The Labute approximate surface area is 83.0 Å².